The molecule has 4 heteroatoms. The van der Waals surface area contributed by atoms with Gasteiger partial charge < -0.3 is 10.1 Å². The van der Waals surface area contributed by atoms with Gasteiger partial charge in [-0.25, -0.2) is 0 Å². The second-order valence-corrected chi connectivity index (χ2v) is 9.58. The molecular weight excluding hydrogens is 348 g/mol. The Balaban J connectivity index is 1.49. The lowest BCUT2D eigenvalue weighted by molar-refractivity contribution is -0.124. The summed E-state index contributed by atoms with van der Waals surface area (Å²) in [6, 6.07) is 1.97. The molecule has 5 rings (SSSR count). The molecule has 3 aliphatic carbocycles. The van der Waals surface area contributed by atoms with Crippen LogP contribution in [0.2, 0.25) is 0 Å². The topological polar surface area (TPSA) is 51.2 Å². The molecule has 1 aromatic rings. The molecule has 0 aromatic carbocycles. The van der Waals surface area contributed by atoms with Crippen molar-refractivity contribution in [1.29, 1.82) is 0 Å². The molecule has 0 spiro atoms. The Morgan fingerprint density at radius 1 is 1.14 bits per heavy atom. The number of nitrogens with zero attached hydrogens (tertiary/aromatic N) is 1. The Labute approximate surface area is 167 Å². The Morgan fingerprint density at radius 2 is 2.00 bits per heavy atom. The van der Waals surface area contributed by atoms with Crippen LogP contribution in [0.3, 0.4) is 0 Å². The van der Waals surface area contributed by atoms with Crippen molar-refractivity contribution in [1.82, 2.24) is 10.3 Å². The van der Waals surface area contributed by atoms with E-state index < -0.39 is 0 Å². The van der Waals surface area contributed by atoms with Crippen molar-refractivity contribution < 1.29 is 9.53 Å². The van der Waals surface area contributed by atoms with Crippen LogP contribution in [-0.4, -0.2) is 18.0 Å². The minimum absolute atomic E-state index is 0.132. The van der Waals surface area contributed by atoms with Crippen molar-refractivity contribution in [3.63, 3.8) is 0 Å². The van der Waals surface area contributed by atoms with Gasteiger partial charge in [-0.15, -0.1) is 0 Å². The van der Waals surface area contributed by atoms with Crippen molar-refractivity contribution in [2.75, 3.05) is 7.11 Å². The van der Waals surface area contributed by atoms with Gasteiger partial charge in [0, 0.05) is 35.5 Å². The molecule has 1 aliphatic heterocycles. The molecule has 1 amide bonds. The summed E-state index contributed by atoms with van der Waals surface area (Å²) in [7, 11) is 1.75. The lowest BCUT2D eigenvalue weighted by atomic mass is 9.49. The summed E-state index contributed by atoms with van der Waals surface area (Å²) < 4.78 is 5.66. The first kappa shape index (κ1) is 18.0. The molecule has 1 aromatic heterocycles. The highest BCUT2D eigenvalue weighted by Crippen LogP contribution is 2.65. The van der Waals surface area contributed by atoms with Crippen LogP contribution in [0.5, 0.6) is 5.75 Å². The van der Waals surface area contributed by atoms with Crippen LogP contribution in [0.1, 0.15) is 57.9 Å². The fourth-order valence-electron chi connectivity index (χ4n) is 6.94. The van der Waals surface area contributed by atoms with Gasteiger partial charge in [0.2, 0.25) is 5.91 Å². The fourth-order valence-corrected chi connectivity index (χ4v) is 6.94. The third-order valence-corrected chi connectivity index (χ3v) is 8.48. The highest BCUT2D eigenvalue weighted by molar-refractivity contribution is 5.80. The lowest BCUT2D eigenvalue weighted by Crippen LogP contribution is -2.52. The highest BCUT2D eigenvalue weighted by atomic mass is 16.5. The van der Waals surface area contributed by atoms with Crippen LogP contribution in [0.25, 0.3) is 5.57 Å². The molecule has 5 atom stereocenters. The van der Waals surface area contributed by atoms with Gasteiger partial charge in [-0.1, -0.05) is 26.0 Å². The van der Waals surface area contributed by atoms with Crippen molar-refractivity contribution >= 4 is 11.5 Å². The van der Waals surface area contributed by atoms with E-state index in [1.807, 2.05) is 12.3 Å². The Morgan fingerprint density at radius 3 is 2.82 bits per heavy atom. The SMILES string of the molecule is COc1ccncc1C1=CC[C@H]2[C@@H]3CC=C4NC(=O)CC[C@]4(C)[C@H]3CC[C@]12C. The summed E-state index contributed by atoms with van der Waals surface area (Å²) in [5.41, 5.74) is 4.10. The second kappa shape index (κ2) is 6.20. The number of aromatic nitrogens is 1. The number of amides is 1. The minimum atomic E-state index is 0.132. The zero-order valence-electron chi connectivity index (χ0n) is 17.1. The summed E-state index contributed by atoms with van der Waals surface area (Å²) in [5, 5.41) is 3.20. The fraction of sp³-hybridized carbons (Fsp3) is 0.583. The van der Waals surface area contributed by atoms with E-state index >= 15 is 0 Å². The number of allylic oxidation sites excluding steroid dienone is 4. The van der Waals surface area contributed by atoms with E-state index in [4.69, 9.17) is 4.74 Å². The maximum absolute atomic E-state index is 11.9. The number of hydrogen-bond donors (Lipinski definition) is 1. The van der Waals surface area contributed by atoms with Crippen molar-refractivity contribution in [3.8, 4) is 5.75 Å². The minimum Gasteiger partial charge on any atom is -0.496 e. The molecule has 1 saturated carbocycles. The molecule has 0 radical (unpaired) electrons. The van der Waals surface area contributed by atoms with Gasteiger partial charge in [-0.3, -0.25) is 9.78 Å². The number of carbonyl (C=O) groups is 1. The van der Waals surface area contributed by atoms with E-state index in [1.165, 1.54) is 24.1 Å². The molecule has 0 bridgehead atoms. The maximum atomic E-state index is 11.9. The van der Waals surface area contributed by atoms with Gasteiger partial charge in [-0.2, -0.15) is 0 Å². The third-order valence-electron chi connectivity index (χ3n) is 8.48. The van der Waals surface area contributed by atoms with Crippen LogP contribution in [0.4, 0.5) is 0 Å². The largest absolute Gasteiger partial charge is 0.496 e. The predicted octanol–water partition coefficient (Wildman–Crippen LogP) is 4.73. The van der Waals surface area contributed by atoms with Crippen LogP contribution in [-0.2, 0) is 4.79 Å². The number of rotatable bonds is 2. The maximum Gasteiger partial charge on any atom is 0.224 e. The summed E-state index contributed by atoms with van der Waals surface area (Å²) in [6.45, 7) is 4.86. The number of pyridine rings is 1. The van der Waals surface area contributed by atoms with Crippen molar-refractivity contribution in [3.05, 3.63) is 41.9 Å². The number of piperidine rings is 1. The standard InChI is InChI=1S/C24H30N2O2/c1-23-11-8-19-15(4-7-21-24(19,2)12-9-22(27)26-21)17(23)5-6-18(23)16-14-25-13-10-20(16)28-3/h6-7,10,13-15,17,19H,4-5,8-9,11-12H2,1-3H3,(H,26,27)/t15-,17-,19-,23-,24+/m0/s1. The normalized spacial score (nSPS) is 39.1. The molecule has 2 fully saturated rings. The number of nitrogens with one attached hydrogen (secondary N) is 1. The first-order chi connectivity index (χ1) is 13.5. The summed E-state index contributed by atoms with van der Waals surface area (Å²) in [6.07, 6.45) is 14.9. The van der Waals surface area contributed by atoms with Gasteiger partial charge in [0.15, 0.2) is 0 Å². The molecule has 4 aliphatic rings. The van der Waals surface area contributed by atoms with Crippen LogP contribution in [0, 0.1) is 28.6 Å². The lowest BCUT2D eigenvalue weighted by Gasteiger charge is -2.57. The van der Waals surface area contributed by atoms with E-state index in [0.29, 0.717) is 24.2 Å². The average Bonchev–Trinajstić information content (AvgIpc) is 3.05. The van der Waals surface area contributed by atoms with Gasteiger partial charge in [0.25, 0.3) is 0 Å². The average molecular weight is 379 g/mol. The third kappa shape index (κ3) is 2.36. The molecule has 1 saturated heterocycles. The summed E-state index contributed by atoms with van der Waals surface area (Å²) in [5.74, 6) is 3.11. The van der Waals surface area contributed by atoms with E-state index in [-0.39, 0.29) is 16.7 Å². The van der Waals surface area contributed by atoms with Crippen molar-refractivity contribution in [2.45, 2.75) is 52.4 Å². The zero-order chi connectivity index (χ0) is 19.5. The Bertz CT molecular complexity index is 888. The molecule has 4 nitrogen and oxygen atoms in total. The number of fused-ring (bicyclic) bond motifs is 5. The molecule has 148 valence electrons. The van der Waals surface area contributed by atoms with Crippen LogP contribution < -0.4 is 10.1 Å². The first-order valence-corrected chi connectivity index (χ1v) is 10.7. The Hall–Kier alpha value is -2.10. The van der Waals surface area contributed by atoms with Gasteiger partial charge in [-0.05, 0) is 66.9 Å². The van der Waals surface area contributed by atoms with E-state index in [0.717, 1.165) is 30.6 Å². The number of hydrogen-bond acceptors (Lipinski definition) is 3. The van der Waals surface area contributed by atoms with E-state index in [1.54, 1.807) is 13.3 Å². The van der Waals surface area contributed by atoms with Crippen molar-refractivity contribution in [2.24, 2.45) is 28.6 Å². The first-order valence-electron chi connectivity index (χ1n) is 10.7. The Kier molecular flexibility index (Phi) is 3.98. The zero-order valence-corrected chi connectivity index (χ0v) is 17.1. The van der Waals surface area contributed by atoms with Gasteiger partial charge in [0.05, 0.1) is 7.11 Å². The molecule has 2 heterocycles. The highest BCUT2D eigenvalue weighted by Gasteiger charge is 2.57. The molecule has 1 N–H and O–H groups in total. The number of ether oxygens (including phenoxy) is 1. The molecule has 0 unspecified atom stereocenters. The number of methoxy groups -OCH3 is 1. The van der Waals surface area contributed by atoms with E-state index in [9.17, 15) is 4.79 Å². The quantitative estimate of drug-likeness (QED) is 0.809. The molecule has 28 heavy (non-hydrogen) atoms. The smallest absolute Gasteiger partial charge is 0.224 e. The predicted molar refractivity (Wildman–Crippen MR) is 109 cm³/mol. The van der Waals surface area contributed by atoms with E-state index in [2.05, 4.69) is 36.3 Å². The summed E-state index contributed by atoms with van der Waals surface area (Å²) in [4.78, 5) is 16.3. The second-order valence-electron chi connectivity index (χ2n) is 9.58. The van der Waals surface area contributed by atoms with Crippen LogP contribution >= 0.6 is 0 Å². The summed E-state index contributed by atoms with van der Waals surface area (Å²) >= 11 is 0. The monoisotopic (exact) mass is 378 g/mol. The van der Waals surface area contributed by atoms with Crippen LogP contribution in [0.15, 0.2) is 36.3 Å². The van der Waals surface area contributed by atoms with Gasteiger partial charge >= 0.3 is 0 Å². The van der Waals surface area contributed by atoms with Gasteiger partial charge in [0.1, 0.15) is 5.75 Å². The number of carbonyl (C=O) groups excluding carboxylic acids is 1. The molecular formula is C24H30N2O2.